The van der Waals surface area contributed by atoms with E-state index in [0.29, 0.717) is 10.6 Å². The summed E-state index contributed by atoms with van der Waals surface area (Å²) >= 11 is 6.10. The molecular formula is C16H16ClNO4S. The van der Waals surface area contributed by atoms with Crippen LogP contribution >= 0.6 is 11.6 Å². The van der Waals surface area contributed by atoms with E-state index in [1.54, 1.807) is 24.3 Å². The molecule has 0 aliphatic rings. The van der Waals surface area contributed by atoms with Crippen molar-refractivity contribution < 1.29 is 17.9 Å². The molecule has 0 heterocycles. The van der Waals surface area contributed by atoms with Crippen LogP contribution in [0.1, 0.15) is 21.5 Å². The van der Waals surface area contributed by atoms with E-state index in [9.17, 15) is 13.2 Å². The normalized spacial score (nSPS) is 11.3. The summed E-state index contributed by atoms with van der Waals surface area (Å²) in [7, 11) is -2.69. The number of hydrogen-bond donors (Lipinski definition) is 1. The number of halogens is 1. The number of ether oxygens (including phenoxy) is 1. The summed E-state index contributed by atoms with van der Waals surface area (Å²) in [5, 5.41) is 0.481. The minimum atomic E-state index is -3.89. The molecule has 122 valence electrons. The summed E-state index contributed by atoms with van der Waals surface area (Å²) in [6, 6.07) is 11.2. The van der Waals surface area contributed by atoms with Crippen molar-refractivity contribution in [3.63, 3.8) is 0 Å². The van der Waals surface area contributed by atoms with E-state index in [1.807, 2.05) is 13.0 Å². The zero-order chi connectivity index (χ0) is 17.0. The molecule has 0 fully saturated rings. The van der Waals surface area contributed by atoms with Crippen LogP contribution in [0, 0.1) is 6.92 Å². The predicted octanol–water partition coefficient (Wildman–Crippen LogP) is 2.91. The number of nitrogens with one attached hydrogen (secondary N) is 1. The van der Waals surface area contributed by atoms with E-state index in [2.05, 4.69) is 9.46 Å². The maximum atomic E-state index is 12.5. The molecule has 0 saturated carbocycles. The van der Waals surface area contributed by atoms with Crippen molar-refractivity contribution in [2.24, 2.45) is 0 Å². The third kappa shape index (κ3) is 3.90. The first-order valence-electron chi connectivity index (χ1n) is 6.78. The van der Waals surface area contributed by atoms with Gasteiger partial charge >= 0.3 is 5.97 Å². The molecule has 0 unspecified atom stereocenters. The Morgan fingerprint density at radius 1 is 1.17 bits per heavy atom. The molecule has 0 amide bonds. The fourth-order valence-electron chi connectivity index (χ4n) is 2.11. The van der Waals surface area contributed by atoms with Gasteiger partial charge in [-0.15, -0.1) is 0 Å². The second-order valence-corrected chi connectivity index (χ2v) is 6.99. The van der Waals surface area contributed by atoms with E-state index in [0.717, 1.165) is 5.56 Å². The van der Waals surface area contributed by atoms with Gasteiger partial charge < -0.3 is 4.74 Å². The largest absolute Gasteiger partial charge is 0.465 e. The molecule has 2 rings (SSSR count). The molecule has 0 aliphatic heterocycles. The van der Waals surface area contributed by atoms with Crippen LogP contribution in [0.4, 0.5) is 0 Å². The Balaban J connectivity index is 2.32. The second kappa shape index (κ2) is 7.12. The van der Waals surface area contributed by atoms with Gasteiger partial charge in [0.2, 0.25) is 10.0 Å². The van der Waals surface area contributed by atoms with E-state index < -0.39 is 16.0 Å². The van der Waals surface area contributed by atoms with Crippen molar-refractivity contribution in [2.75, 3.05) is 7.11 Å². The first-order valence-corrected chi connectivity index (χ1v) is 8.64. The van der Waals surface area contributed by atoms with Gasteiger partial charge in [0.1, 0.15) is 0 Å². The maximum absolute atomic E-state index is 12.5. The Hall–Kier alpha value is -1.89. The lowest BCUT2D eigenvalue weighted by atomic mass is 10.1. The molecule has 0 aromatic heterocycles. The maximum Gasteiger partial charge on any atom is 0.339 e. The monoisotopic (exact) mass is 353 g/mol. The van der Waals surface area contributed by atoms with E-state index in [4.69, 9.17) is 11.6 Å². The number of sulfonamides is 1. The van der Waals surface area contributed by atoms with Crippen LogP contribution in [-0.2, 0) is 21.3 Å². The molecule has 2 aromatic carbocycles. The Bertz CT molecular complexity index is 813. The lowest BCUT2D eigenvalue weighted by Crippen LogP contribution is -2.25. The Morgan fingerprint density at radius 2 is 1.87 bits per heavy atom. The van der Waals surface area contributed by atoms with Crippen molar-refractivity contribution in [3.05, 3.63) is 64.2 Å². The molecule has 0 aliphatic carbocycles. The van der Waals surface area contributed by atoms with Gasteiger partial charge in [-0.2, -0.15) is 0 Å². The predicted molar refractivity (Wildman–Crippen MR) is 88.0 cm³/mol. The summed E-state index contributed by atoms with van der Waals surface area (Å²) in [5.41, 5.74) is 1.55. The average molecular weight is 354 g/mol. The molecule has 1 N–H and O–H groups in total. The topological polar surface area (TPSA) is 72.5 Å². The number of aryl methyl sites for hydroxylation is 1. The van der Waals surface area contributed by atoms with Crippen LogP contribution in [0.25, 0.3) is 0 Å². The van der Waals surface area contributed by atoms with E-state index in [-0.39, 0.29) is 17.0 Å². The van der Waals surface area contributed by atoms with Gasteiger partial charge in [0.05, 0.1) is 17.6 Å². The molecule has 23 heavy (non-hydrogen) atoms. The summed E-state index contributed by atoms with van der Waals surface area (Å²) in [6.07, 6.45) is 0. The zero-order valence-electron chi connectivity index (χ0n) is 12.7. The highest BCUT2D eigenvalue weighted by atomic mass is 35.5. The summed E-state index contributed by atoms with van der Waals surface area (Å²) in [5.74, 6) is -0.708. The van der Waals surface area contributed by atoms with Gasteiger partial charge in [-0.05, 0) is 36.2 Å². The highest BCUT2D eigenvalue weighted by molar-refractivity contribution is 7.89. The van der Waals surface area contributed by atoms with Gasteiger partial charge in [0.25, 0.3) is 0 Å². The second-order valence-electron chi connectivity index (χ2n) is 4.85. The molecular weight excluding hydrogens is 338 g/mol. The SMILES string of the molecule is COC(=O)c1ccccc1S(=O)(=O)NCc1c(C)cccc1Cl. The highest BCUT2D eigenvalue weighted by Gasteiger charge is 2.22. The number of methoxy groups -OCH3 is 1. The first-order chi connectivity index (χ1) is 10.9. The van der Waals surface area contributed by atoms with Crippen molar-refractivity contribution >= 4 is 27.6 Å². The highest BCUT2D eigenvalue weighted by Crippen LogP contribution is 2.21. The Kier molecular flexibility index (Phi) is 5.41. The Labute approximate surface area is 140 Å². The van der Waals surface area contributed by atoms with Crippen LogP contribution in [0.2, 0.25) is 5.02 Å². The van der Waals surface area contributed by atoms with Gasteiger partial charge in [0.15, 0.2) is 0 Å². The number of esters is 1. The van der Waals surface area contributed by atoms with Crippen LogP contribution in [0.3, 0.4) is 0 Å². The fraction of sp³-hybridized carbons (Fsp3) is 0.188. The van der Waals surface area contributed by atoms with Gasteiger partial charge in [-0.1, -0.05) is 35.9 Å². The smallest absolute Gasteiger partial charge is 0.339 e. The minimum Gasteiger partial charge on any atom is -0.465 e. The summed E-state index contributed by atoms with van der Waals surface area (Å²) in [6.45, 7) is 1.88. The average Bonchev–Trinajstić information content (AvgIpc) is 2.53. The molecule has 7 heteroatoms. The number of carbonyl (C=O) groups excluding carboxylic acids is 1. The van der Waals surface area contributed by atoms with Crippen LogP contribution in [0.5, 0.6) is 0 Å². The molecule has 5 nitrogen and oxygen atoms in total. The van der Waals surface area contributed by atoms with Crippen LogP contribution in [-0.4, -0.2) is 21.5 Å². The Morgan fingerprint density at radius 3 is 2.52 bits per heavy atom. The van der Waals surface area contributed by atoms with E-state index in [1.165, 1.54) is 19.2 Å². The number of rotatable bonds is 5. The van der Waals surface area contributed by atoms with Gasteiger partial charge in [-0.3, -0.25) is 0 Å². The van der Waals surface area contributed by atoms with Crippen molar-refractivity contribution in [2.45, 2.75) is 18.4 Å². The quantitative estimate of drug-likeness (QED) is 0.839. The molecule has 0 saturated heterocycles. The van der Waals surface area contributed by atoms with Crippen molar-refractivity contribution in [1.29, 1.82) is 0 Å². The molecule has 0 bridgehead atoms. The van der Waals surface area contributed by atoms with Crippen molar-refractivity contribution in [3.8, 4) is 0 Å². The standard InChI is InChI=1S/C16H16ClNO4S/c1-11-6-5-8-14(17)13(11)10-18-23(20,21)15-9-4-3-7-12(15)16(19)22-2/h3-9,18H,10H2,1-2H3. The van der Waals surface area contributed by atoms with Crippen molar-refractivity contribution in [1.82, 2.24) is 4.72 Å². The molecule has 0 radical (unpaired) electrons. The number of carbonyl (C=O) groups is 1. The third-order valence-corrected chi connectivity index (χ3v) is 5.19. The third-order valence-electron chi connectivity index (χ3n) is 3.37. The molecule has 2 aromatic rings. The van der Waals surface area contributed by atoms with E-state index >= 15 is 0 Å². The first kappa shape index (κ1) is 17.5. The summed E-state index contributed by atoms with van der Waals surface area (Å²) < 4.78 is 32.1. The number of benzene rings is 2. The van der Waals surface area contributed by atoms with Crippen LogP contribution in [0.15, 0.2) is 47.4 Å². The van der Waals surface area contributed by atoms with Gasteiger partial charge in [-0.25, -0.2) is 17.9 Å². The lowest BCUT2D eigenvalue weighted by molar-refractivity contribution is 0.0596. The van der Waals surface area contributed by atoms with Gasteiger partial charge in [0, 0.05) is 11.6 Å². The summed E-state index contributed by atoms with van der Waals surface area (Å²) in [4.78, 5) is 11.6. The fourth-order valence-corrected chi connectivity index (χ4v) is 3.59. The number of hydrogen-bond acceptors (Lipinski definition) is 4. The van der Waals surface area contributed by atoms with Crippen LogP contribution < -0.4 is 4.72 Å². The zero-order valence-corrected chi connectivity index (χ0v) is 14.2. The molecule has 0 atom stereocenters. The lowest BCUT2D eigenvalue weighted by Gasteiger charge is -2.12. The molecule has 0 spiro atoms. The minimum absolute atomic E-state index is 0.0154.